The van der Waals surface area contributed by atoms with Crippen LogP contribution in [0.25, 0.3) is 0 Å². The largest absolute Gasteiger partial charge is 0.396 e. The lowest BCUT2D eigenvalue weighted by Gasteiger charge is -2.07. The maximum absolute atomic E-state index is 9.05. The van der Waals surface area contributed by atoms with Crippen LogP contribution in [0.3, 0.4) is 0 Å². The van der Waals surface area contributed by atoms with E-state index in [0.717, 1.165) is 50.7 Å². The molecule has 0 aliphatic rings. The predicted octanol–water partition coefficient (Wildman–Crippen LogP) is 6.06. The van der Waals surface area contributed by atoms with Gasteiger partial charge in [-0.3, -0.25) is 0 Å². The SMILES string of the molecule is CC/C=C/C/C=C/C/C=C/C/C=C/C/C=C/CCC(CO)CS. The third-order valence-corrected chi connectivity index (χ3v) is 3.93. The second-order valence-corrected chi connectivity index (χ2v) is 5.88. The van der Waals surface area contributed by atoms with Crippen molar-refractivity contribution in [3.63, 3.8) is 0 Å². The van der Waals surface area contributed by atoms with Gasteiger partial charge >= 0.3 is 0 Å². The zero-order chi connectivity index (χ0) is 17.0. The van der Waals surface area contributed by atoms with Crippen molar-refractivity contribution in [2.24, 2.45) is 5.92 Å². The van der Waals surface area contributed by atoms with Crippen molar-refractivity contribution in [3.05, 3.63) is 60.8 Å². The van der Waals surface area contributed by atoms with Crippen LogP contribution in [0, 0.1) is 5.92 Å². The molecule has 0 saturated carbocycles. The predicted molar refractivity (Wildman–Crippen MR) is 108 cm³/mol. The number of allylic oxidation sites excluding steroid dienone is 10. The van der Waals surface area contributed by atoms with Crippen LogP contribution >= 0.6 is 12.6 Å². The third kappa shape index (κ3) is 17.2. The van der Waals surface area contributed by atoms with E-state index in [2.05, 4.69) is 80.3 Å². The third-order valence-electron chi connectivity index (χ3n) is 3.42. The molecule has 0 aliphatic carbocycles. The average molecular weight is 335 g/mol. The minimum absolute atomic E-state index is 0.244. The summed E-state index contributed by atoms with van der Waals surface area (Å²) in [6, 6.07) is 0. The molecule has 0 aromatic heterocycles. The number of aliphatic hydroxyl groups is 1. The second kappa shape index (κ2) is 19.1. The first-order chi connectivity index (χ1) is 11.3. The van der Waals surface area contributed by atoms with Crippen LogP contribution in [0.1, 0.15) is 51.9 Å². The second-order valence-electron chi connectivity index (χ2n) is 5.52. The van der Waals surface area contributed by atoms with E-state index in [1.54, 1.807) is 0 Å². The smallest absolute Gasteiger partial charge is 0.0467 e. The lowest BCUT2D eigenvalue weighted by molar-refractivity contribution is 0.234. The van der Waals surface area contributed by atoms with E-state index in [9.17, 15) is 0 Å². The summed E-state index contributed by atoms with van der Waals surface area (Å²) in [7, 11) is 0. The van der Waals surface area contributed by atoms with Gasteiger partial charge in [0.15, 0.2) is 0 Å². The minimum atomic E-state index is 0.244. The van der Waals surface area contributed by atoms with Crippen LogP contribution in [-0.2, 0) is 0 Å². The van der Waals surface area contributed by atoms with Crippen molar-refractivity contribution in [2.45, 2.75) is 51.9 Å². The van der Waals surface area contributed by atoms with E-state index in [1.165, 1.54) is 0 Å². The van der Waals surface area contributed by atoms with Crippen LogP contribution < -0.4 is 0 Å². The average Bonchev–Trinajstić information content (AvgIpc) is 2.58. The van der Waals surface area contributed by atoms with Gasteiger partial charge in [-0.15, -0.1) is 0 Å². The van der Waals surface area contributed by atoms with Gasteiger partial charge in [-0.25, -0.2) is 0 Å². The molecular weight excluding hydrogens is 300 g/mol. The van der Waals surface area contributed by atoms with Gasteiger partial charge in [-0.05, 0) is 56.6 Å². The highest BCUT2D eigenvalue weighted by Crippen LogP contribution is 2.08. The molecule has 1 nitrogen and oxygen atoms in total. The molecule has 0 aromatic carbocycles. The van der Waals surface area contributed by atoms with E-state index in [0.29, 0.717) is 5.92 Å². The first kappa shape index (κ1) is 22.0. The van der Waals surface area contributed by atoms with Gasteiger partial charge < -0.3 is 5.11 Å². The summed E-state index contributed by atoms with van der Waals surface area (Å²) >= 11 is 4.22. The van der Waals surface area contributed by atoms with Crippen LogP contribution in [0.4, 0.5) is 0 Å². The first-order valence-corrected chi connectivity index (χ1v) is 9.45. The fourth-order valence-corrected chi connectivity index (χ4v) is 2.24. The Morgan fingerprint density at radius 3 is 1.57 bits per heavy atom. The maximum atomic E-state index is 9.05. The molecule has 1 unspecified atom stereocenters. The van der Waals surface area contributed by atoms with Crippen LogP contribution in [0.15, 0.2) is 60.8 Å². The summed E-state index contributed by atoms with van der Waals surface area (Å²) in [4.78, 5) is 0. The Balaban J connectivity index is 3.52. The number of hydrogen-bond donors (Lipinski definition) is 2. The first-order valence-electron chi connectivity index (χ1n) is 8.81. The summed E-state index contributed by atoms with van der Waals surface area (Å²) in [6.45, 7) is 2.40. The van der Waals surface area contributed by atoms with Crippen LogP contribution in [0.5, 0.6) is 0 Å². The van der Waals surface area contributed by atoms with Crippen molar-refractivity contribution in [1.29, 1.82) is 0 Å². The molecule has 0 aliphatic heterocycles. The molecule has 0 amide bonds. The summed E-state index contributed by atoms with van der Waals surface area (Å²) in [5.74, 6) is 1.10. The van der Waals surface area contributed by atoms with E-state index in [1.807, 2.05) is 0 Å². The van der Waals surface area contributed by atoms with Crippen LogP contribution in [0.2, 0.25) is 0 Å². The Kier molecular flexibility index (Phi) is 18.2. The lowest BCUT2D eigenvalue weighted by Crippen LogP contribution is -2.06. The van der Waals surface area contributed by atoms with Gasteiger partial charge in [0.05, 0.1) is 0 Å². The van der Waals surface area contributed by atoms with Gasteiger partial charge in [0.2, 0.25) is 0 Å². The molecule has 2 heteroatoms. The minimum Gasteiger partial charge on any atom is -0.396 e. The van der Waals surface area contributed by atoms with E-state index in [4.69, 9.17) is 5.11 Å². The normalized spacial score (nSPS) is 14.4. The quantitative estimate of drug-likeness (QED) is 0.292. The van der Waals surface area contributed by atoms with Gasteiger partial charge in [-0.1, -0.05) is 67.7 Å². The molecule has 0 rings (SSSR count). The molecule has 0 bridgehead atoms. The van der Waals surface area contributed by atoms with E-state index < -0.39 is 0 Å². The molecule has 23 heavy (non-hydrogen) atoms. The van der Waals surface area contributed by atoms with Crippen molar-refractivity contribution in [2.75, 3.05) is 12.4 Å². The molecule has 0 heterocycles. The Hall–Kier alpha value is -0.990. The Labute approximate surface area is 149 Å². The molecule has 1 atom stereocenters. The molecule has 0 aromatic rings. The van der Waals surface area contributed by atoms with Gasteiger partial charge in [0.25, 0.3) is 0 Å². The summed E-state index contributed by atoms with van der Waals surface area (Å²) in [5.41, 5.74) is 0. The molecule has 1 N–H and O–H groups in total. The van der Waals surface area contributed by atoms with Gasteiger partial charge in [-0.2, -0.15) is 12.6 Å². The molecular formula is C21H34OS. The fourth-order valence-electron chi connectivity index (χ4n) is 1.94. The Morgan fingerprint density at radius 1 is 0.739 bits per heavy atom. The molecule has 0 spiro atoms. The topological polar surface area (TPSA) is 20.2 Å². The zero-order valence-electron chi connectivity index (χ0n) is 14.6. The van der Waals surface area contributed by atoms with Crippen molar-refractivity contribution in [1.82, 2.24) is 0 Å². The van der Waals surface area contributed by atoms with Crippen molar-refractivity contribution >= 4 is 12.6 Å². The number of thiol groups is 1. The number of hydrogen-bond acceptors (Lipinski definition) is 2. The highest BCUT2D eigenvalue weighted by molar-refractivity contribution is 7.80. The molecule has 130 valence electrons. The summed E-state index contributed by atoms with van der Waals surface area (Å²) in [6.07, 6.45) is 29.3. The highest BCUT2D eigenvalue weighted by Gasteiger charge is 2.01. The van der Waals surface area contributed by atoms with Gasteiger partial charge in [0, 0.05) is 6.61 Å². The lowest BCUT2D eigenvalue weighted by atomic mass is 10.1. The van der Waals surface area contributed by atoms with E-state index >= 15 is 0 Å². The monoisotopic (exact) mass is 334 g/mol. The van der Waals surface area contributed by atoms with E-state index in [-0.39, 0.29) is 6.61 Å². The maximum Gasteiger partial charge on any atom is 0.0467 e. The van der Waals surface area contributed by atoms with Crippen molar-refractivity contribution in [3.8, 4) is 0 Å². The molecule has 0 radical (unpaired) electrons. The molecule has 0 fully saturated rings. The van der Waals surface area contributed by atoms with Crippen LogP contribution in [-0.4, -0.2) is 17.5 Å². The van der Waals surface area contributed by atoms with Gasteiger partial charge in [0.1, 0.15) is 0 Å². The standard InChI is InChI=1S/C21H34OS/c1-2-3-4-5-6-7-8-9-10-11-12-13-14-15-16-17-18-21(19-22)20-23/h3-4,6-7,9-10,12-13,15-16,21-23H,2,5,8,11,14,17-20H2,1H3/b4-3+,7-6+,10-9+,13-12+,16-15+. The zero-order valence-corrected chi connectivity index (χ0v) is 15.5. The Morgan fingerprint density at radius 2 is 1.17 bits per heavy atom. The molecule has 0 saturated heterocycles. The number of aliphatic hydroxyl groups excluding tert-OH is 1. The Bertz CT molecular complexity index is 373. The summed E-state index contributed by atoms with van der Waals surface area (Å²) in [5, 5.41) is 9.05. The van der Waals surface area contributed by atoms with Crippen molar-refractivity contribution < 1.29 is 5.11 Å². The fraction of sp³-hybridized carbons (Fsp3) is 0.524. The highest BCUT2D eigenvalue weighted by atomic mass is 32.1. The summed E-state index contributed by atoms with van der Waals surface area (Å²) < 4.78 is 0. The number of rotatable bonds is 14.